The van der Waals surface area contributed by atoms with E-state index in [1.807, 2.05) is 26.8 Å². The van der Waals surface area contributed by atoms with Gasteiger partial charge in [0.1, 0.15) is 11.4 Å². The average molecular weight is 279 g/mol. The predicted molar refractivity (Wildman–Crippen MR) is 74.4 cm³/mol. The normalized spacial score (nSPS) is 15.2. The van der Waals surface area contributed by atoms with E-state index in [1.54, 1.807) is 4.90 Å². The van der Waals surface area contributed by atoms with Gasteiger partial charge < -0.3 is 15.4 Å². The molecule has 0 atom stereocenters. The lowest BCUT2D eigenvalue weighted by Gasteiger charge is -2.24. The van der Waals surface area contributed by atoms with Crippen molar-refractivity contribution in [3.05, 3.63) is 29.9 Å². The minimum Gasteiger partial charge on any atom is -0.444 e. The fraction of sp³-hybridized carbons (Fsp3) is 0.429. The first kappa shape index (κ1) is 14.3. The van der Waals surface area contributed by atoms with Gasteiger partial charge in [0.05, 0.1) is 24.1 Å². The topological polar surface area (TPSA) is 68.5 Å². The number of ether oxygens (including phenoxy) is 1. The first-order valence-corrected chi connectivity index (χ1v) is 6.34. The third-order valence-electron chi connectivity index (χ3n) is 2.76. The quantitative estimate of drug-likeness (QED) is 0.857. The molecule has 1 aliphatic rings. The van der Waals surface area contributed by atoms with Crippen LogP contribution in [0.4, 0.5) is 14.9 Å². The maximum absolute atomic E-state index is 13.0. The molecule has 5 nitrogen and oxygen atoms in total. The van der Waals surface area contributed by atoms with E-state index in [1.165, 1.54) is 6.07 Å². The lowest BCUT2D eigenvalue weighted by atomic mass is 10.1. The zero-order valence-electron chi connectivity index (χ0n) is 11.8. The molecule has 0 saturated heterocycles. The van der Waals surface area contributed by atoms with E-state index in [-0.39, 0.29) is 11.8 Å². The highest BCUT2D eigenvalue weighted by Gasteiger charge is 2.26. The Morgan fingerprint density at radius 1 is 1.50 bits per heavy atom. The van der Waals surface area contributed by atoms with Crippen LogP contribution in [0.15, 0.2) is 18.3 Å². The van der Waals surface area contributed by atoms with Gasteiger partial charge in [-0.1, -0.05) is 6.08 Å². The van der Waals surface area contributed by atoms with Crippen molar-refractivity contribution in [1.82, 2.24) is 9.88 Å². The summed E-state index contributed by atoms with van der Waals surface area (Å²) in [5, 5.41) is 0. The summed E-state index contributed by atoms with van der Waals surface area (Å²) >= 11 is 0. The summed E-state index contributed by atoms with van der Waals surface area (Å²) in [6, 6.07) is 1.22. The SMILES string of the molecule is CC(C)(C)OC(=O)N1CC=C(c2ncc(F)cc2N)C1. The van der Waals surface area contributed by atoms with Gasteiger partial charge in [0.15, 0.2) is 0 Å². The van der Waals surface area contributed by atoms with Crippen molar-refractivity contribution in [3.8, 4) is 0 Å². The molecule has 1 amide bonds. The Morgan fingerprint density at radius 2 is 2.20 bits per heavy atom. The Balaban J connectivity index is 2.07. The molecule has 108 valence electrons. The van der Waals surface area contributed by atoms with Crippen molar-refractivity contribution in [1.29, 1.82) is 0 Å². The number of nitrogens with two attached hydrogens (primary N) is 1. The van der Waals surface area contributed by atoms with Gasteiger partial charge in [-0.15, -0.1) is 0 Å². The molecular formula is C14H18FN3O2. The van der Waals surface area contributed by atoms with Crippen LogP contribution in [-0.4, -0.2) is 34.7 Å². The summed E-state index contributed by atoms with van der Waals surface area (Å²) < 4.78 is 18.3. The van der Waals surface area contributed by atoms with Crippen LogP contribution in [0, 0.1) is 5.82 Å². The van der Waals surface area contributed by atoms with Gasteiger partial charge in [0.25, 0.3) is 0 Å². The van der Waals surface area contributed by atoms with Crippen molar-refractivity contribution in [3.63, 3.8) is 0 Å². The molecule has 1 aliphatic heterocycles. The molecule has 2 N–H and O–H groups in total. The fourth-order valence-corrected chi connectivity index (χ4v) is 1.92. The minimum atomic E-state index is -0.535. The summed E-state index contributed by atoms with van der Waals surface area (Å²) in [5.41, 5.74) is 6.79. The van der Waals surface area contributed by atoms with Gasteiger partial charge in [-0.25, -0.2) is 9.18 Å². The lowest BCUT2D eigenvalue weighted by molar-refractivity contribution is 0.0306. The van der Waals surface area contributed by atoms with Crippen molar-refractivity contribution in [2.45, 2.75) is 26.4 Å². The summed E-state index contributed by atoms with van der Waals surface area (Å²) in [4.78, 5) is 17.5. The molecule has 20 heavy (non-hydrogen) atoms. The molecule has 0 bridgehead atoms. The van der Waals surface area contributed by atoms with E-state index in [0.717, 1.165) is 11.8 Å². The molecule has 0 fully saturated rings. The highest BCUT2D eigenvalue weighted by atomic mass is 19.1. The van der Waals surface area contributed by atoms with E-state index in [2.05, 4.69) is 4.98 Å². The van der Waals surface area contributed by atoms with Gasteiger partial charge in [0, 0.05) is 12.6 Å². The summed E-state index contributed by atoms with van der Waals surface area (Å²) in [5.74, 6) is -0.478. The second kappa shape index (κ2) is 5.11. The fourth-order valence-electron chi connectivity index (χ4n) is 1.92. The second-order valence-electron chi connectivity index (χ2n) is 5.68. The first-order valence-electron chi connectivity index (χ1n) is 6.34. The average Bonchev–Trinajstić information content (AvgIpc) is 2.75. The third-order valence-corrected chi connectivity index (χ3v) is 2.76. The number of hydrogen-bond acceptors (Lipinski definition) is 4. The Bertz CT molecular complexity index is 564. The zero-order valence-corrected chi connectivity index (χ0v) is 11.8. The number of carbonyl (C=O) groups is 1. The molecule has 1 aromatic heterocycles. The van der Waals surface area contributed by atoms with Crippen molar-refractivity contribution in [2.75, 3.05) is 18.8 Å². The van der Waals surface area contributed by atoms with Crippen LogP contribution in [0.25, 0.3) is 5.57 Å². The van der Waals surface area contributed by atoms with E-state index < -0.39 is 11.4 Å². The Morgan fingerprint density at radius 3 is 2.80 bits per heavy atom. The van der Waals surface area contributed by atoms with Crippen molar-refractivity contribution in [2.24, 2.45) is 0 Å². The molecule has 0 saturated carbocycles. The van der Waals surface area contributed by atoms with Gasteiger partial charge in [0.2, 0.25) is 0 Å². The lowest BCUT2D eigenvalue weighted by Crippen LogP contribution is -2.35. The van der Waals surface area contributed by atoms with Crippen molar-refractivity contribution < 1.29 is 13.9 Å². The standard InChI is InChI=1S/C14H18FN3O2/c1-14(2,3)20-13(19)18-5-4-9(8-18)12-11(16)6-10(15)7-17-12/h4,6-7H,5,8,16H2,1-3H3. The molecule has 1 aromatic rings. The molecule has 0 aliphatic carbocycles. The van der Waals surface area contributed by atoms with Crippen LogP contribution in [0.5, 0.6) is 0 Å². The number of amides is 1. The highest BCUT2D eigenvalue weighted by molar-refractivity contribution is 5.80. The third kappa shape index (κ3) is 3.26. The highest BCUT2D eigenvalue weighted by Crippen LogP contribution is 2.25. The van der Waals surface area contributed by atoms with Crippen LogP contribution < -0.4 is 5.73 Å². The van der Waals surface area contributed by atoms with Crippen LogP contribution in [0.2, 0.25) is 0 Å². The number of nitrogen functional groups attached to an aromatic ring is 1. The molecule has 2 rings (SSSR count). The number of nitrogens with zero attached hydrogens (tertiary/aromatic N) is 2. The molecule has 0 unspecified atom stereocenters. The molecular weight excluding hydrogens is 261 g/mol. The van der Waals surface area contributed by atoms with Crippen LogP contribution >= 0.6 is 0 Å². The van der Waals surface area contributed by atoms with Crippen LogP contribution in [0.1, 0.15) is 26.5 Å². The summed E-state index contributed by atoms with van der Waals surface area (Å²) in [7, 11) is 0. The molecule has 0 spiro atoms. The zero-order chi connectivity index (χ0) is 14.9. The molecule has 0 aromatic carbocycles. The Labute approximate surface area is 117 Å². The van der Waals surface area contributed by atoms with E-state index in [0.29, 0.717) is 18.8 Å². The minimum absolute atomic E-state index is 0.266. The molecule has 6 heteroatoms. The monoisotopic (exact) mass is 279 g/mol. The number of aromatic nitrogens is 1. The van der Waals surface area contributed by atoms with Gasteiger partial charge in [-0.2, -0.15) is 0 Å². The van der Waals surface area contributed by atoms with Gasteiger partial charge in [-0.3, -0.25) is 4.98 Å². The Kier molecular flexibility index (Phi) is 3.65. The van der Waals surface area contributed by atoms with E-state index >= 15 is 0 Å². The van der Waals surface area contributed by atoms with Crippen LogP contribution in [-0.2, 0) is 4.74 Å². The Hall–Kier alpha value is -2.11. The van der Waals surface area contributed by atoms with E-state index in [9.17, 15) is 9.18 Å². The van der Waals surface area contributed by atoms with E-state index in [4.69, 9.17) is 10.5 Å². The summed E-state index contributed by atoms with van der Waals surface area (Å²) in [6.07, 6.45) is 2.58. The molecule has 0 radical (unpaired) electrons. The smallest absolute Gasteiger partial charge is 0.410 e. The van der Waals surface area contributed by atoms with Crippen molar-refractivity contribution >= 4 is 17.4 Å². The number of hydrogen-bond donors (Lipinski definition) is 1. The second-order valence-corrected chi connectivity index (χ2v) is 5.68. The van der Waals surface area contributed by atoms with Gasteiger partial charge >= 0.3 is 6.09 Å². The van der Waals surface area contributed by atoms with Gasteiger partial charge in [-0.05, 0) is 26.3 Å². The number of anilines is 1. The maximum Gasteiger partial charge on any atom is 0.410 e. The number of rotatable bonds is 1. The number of carbonyl (C=O) groups excluding carboxylic acids is 1. The number of halogens is 1. The maximum atomic E-state index is 13.0. The molecule has 2 heterocycles. The number of pyridine rings is 1. The summed E-state index contributed by atoms with van der Waals surface area (Å²) in [6.45, 7) is 6.24. The first-order chi connectivity index (χ1) is 9.26. The predicted octanol–water partition coefficient (Wildman–Crippen LogP) is 2.44. The van der Waals surface area contributed by atoms with Crippen LogP contribution in [0.3, 0.4) is 0 Å². The largest absolute Gasteiger partial charge is 0.444 e.